The monoisotopic (exact) mass is 219 g/mol. The standard InChI is InChI=1S/C15H25N/c1-4-6-7-10-15(3,5-2)12-14-9-8-11-16-13-14/h8-9,11,13H,4-7,10,12H2,1-3H3. The van der Waals surface area contributed by atoms with E-state index >= 15 is 0 Å². The number of hydrogen-bond donors (Lipinski definition) is 0. The summed E-state index contributed by atoms with van der Waals surface area (Å²) in [6.45, 7) is 6.99. The molecule has 0 bridgehead atoms. The zero-order chi connectivity index (χ0) is 11.9. The van der Waals surface area contributed by atoms with Crippen molar-refractivity contribution in [1.29, 1.82) is 0 Å². The Labute approximate surface area is 100 Å². The highest BCUT2D eigenvalue weighted by Crippen LogP contribution is 2.32. The van der Waals surface area contributed by atoms with Crippen LogP contribution < -0.4 is 0 Å². The van der Waals surface area contributed by atoms with Crippen molar-refractivity contribution in [3.8, 4) is 0 Å². The van der Waals surface area contributed by atoms with Crippen LogP contribution in [0.15, 0.2) is 24.5 Å². The predicted octanol–water partition coefficient (Wildman–Crippen LogP) is 4.62. The number of nitrogens with zero attached hydrogens (tertiary/aromatic N) is 1. The van der Waals surface area contributed by atoms with Crippen LogP contribution in [-0.2, 0) is 6.42 Å². The van der Waals surface area contributed by atoms with Crippen molar-refractivity contribution in [2.75, 3.05) is 0 Å². The van der Waals surface area contributed by atoms with Gasteiger partial charge in [-0.05, 0) is 29.9 Å². The summed E-state index contributed by atoms with van der Waals surface area (Å²) in [6, 6.07) is 4.23. The Morgan fingerprint density at radius 2 is 2.06 bits per heavy atom. The van der Waals surface area contributed by atoms with E-state index in [9.17, 15) is 0 Å². The van der Waals surface area contributed by atoms with Crippen molar-refractivity contribution in [2.45, 2.75) is 59.3 Å². The maximum atomic E-state index is 4.20. The second-order valence-corrected chi connectivity index (χ2v) is 5.16. The van der Waals surface area contributed by atoms with E-state index in [0.717, 1.165) is 0 Å². The van der Waals surface area contributed by atoms with Crippen LogP contribution in [-0.4, -0.2) is 4.98 Å². The maximum Gasteiger partial charge on any atom is 0.0300 e. The first kappa shape index (κ1) is 13.2. The van der Waals surface area contributed by atoms with Gasteiger partial charge in [0.05, 0.1) is 0 Å². The predicted molar refractivity (Wildman–Crippen MR) is 70.5 cm³/mol. The van der Waals surface area contributed by atoms with Crippen LogP contribution in [0.1, 0.15) is 58.4 Å². The molecule has 0 aliphatic rings. The minimum atomic E-state index is 0.457. The lowest BCUT2D eigenvalue weighted by Crippen LogP contribution is -2.18. The highest BCUT2D eigenvalue weighted by Gasteiger charge is 2.21. The van der Waals surface area contributed by atoms with Crippen molar-refractivity contribution in [2.24, 2.45) is 5.41 Å². The molecule has 0 aliphatic carbocycles. The molecule has 1 rings (SSSR count). The van der Waals surface area contributed by atoms with Crippen LogP contribution in [0.4, 0.5) is 0 Å². The Morgan fingerprint density at radius 1 is 1.25 bits per heavy atom. The summed E-state index contributed by atoms with van der Waals surface area (Å²) in [4.78, 5) is 4.20. The molecule has 0 radical (unpaired) electrons. The lowest BCUT2D eigenvalue weighted by molar-refractivity contribution is 0.271. The highest BCUT2D eigenvalue weighted by molar-refractivity contribution is 5.10. The average Bonchev–Trinajstić information content (AvgIpc) is 2.31. The molecule has 1 heteroatoms. The molecule has 1 aromatic heterocycles. The number of pyridine rings is 1. The highest BCUT2D eigenvalue weighted by atomic mass is 14.6. The van der Waals surface area contributed by atoms with E-state index < -0.39 is 0 Å². The van der Waals surface area contributed by atoms with Crippen molar-refractivity contribution in [1.82, 2.24) is 4.98 Å². The van der Waals surface area contributed by atoms with Gasteiger partial charge < -0.3 is 0 Å². The Bertz CT molecular complexity index is 281. The zero-order valence-electron chi connectivity index (χ0n) is 11.0. The van der Waals surface area contributed by atoms with E-state index in [1.54, 1.807) is 0 Å². The second kappa shape index (κ2) is 6.67. The zero-order valence-corrected chi connectivity index (χ0v) is 11.0. The van der Waals surface area contributed by atoms with E-state index in [-0.39, 0.29) is 0 Å². The largest absolute Gasteiger partial charge is 0.264 e. The van der Waals surface area contributed by atoms with E-state index in [1.807, 2.05) is 18.5 Å². The Hall–Kier alpha value is -0.850. The molecule has 0 saturated heterocycles. The van der Waals surface area contributed by atoms with Crippen LogP contribution in [0.25, 0.3) is 0 Å². The summed E-state index contributed by atoms with van der Waals surface area (Å²) in [5.74, 6) is 0. The lowest BCUT2D eigenvalue weighted by atomic mass is 9.77. The molecule has 0 saturated carbocycles. The van der Waals surface area contributed by atoms with E-state index in [1.165, 1.54) is 44.1 Å². The summed E-state index contributed by atoms with van der Waals surface area (Å²) in [5, 5.41) is 0. The molecule has 0 aliphatic heterocycles. The molecule has 1 atom stereocenters. The summed E-state index contributed by atoms with van der Waals surface area (Å²) in [7, 11) is 0. The number of rotatable bonds is 7. The molecule has 0 aromatic carbocycles. The van der Waals surface area contributed by atoms with Crippen LogP contribution in [0.5, 0.6) is 0 Å². The second-order valence-electron chi connectivity index (χ2n) is 5.16. The number of hydrogen-bond acceptors (Lipinski definition) is 1. The molecule has 1 unspecified atom stereocenters. The fourth-order valence-electron chi connectivity index (χ4n) is 2.19. The van der Waals surface area contributed by atoms with Gasteiger partial charge in [-0.15, -0.1) is 0 Å². The molecule has 0 N–H and O–H groups in total. The van der Waals surface area contributed by atoms with Gasteiger partial charge in [0, 0.05) is 12.4 Å². The number of aromatic nitrogens is 1. The normalized spacial score (nSPS) is 14.7. The van der Waals surface area contributed by atoms with E-state index in [2.05, 4.69) is 31.8 Å². The van der Waals surface area contributed by atoms with Crippen LogP contribution in [0, 0.1) is 5.41 Å². The third-order valence-corrected chi connectivity index (χ3v) is 3.59. The van der Waals surface area contributed by atoms with Gasteiger partial charge in [0.15, 0.2) is 0 Å². The maximum absolute atomic E-state index is 4.20. The molecule has 0 spiro atoms. The van der Waals surface area contributed by atoms with E-state index in [4.69, 9.17) is 0 Å². The minimum absolute atomic E-state index is 0.457. The van der Waals surface area contributed by atoms with Crippen LogP contribution in [0.2, 0.25) is 0 Å². The first-order chi connectivity index (χ1) is 7.70. The molecule has 0 fully saturated rings. The molecule has 1 heterocycles. The van der Waals surface area contributed by atoms with Crippen molar-refractivity contribution in [3.63, 3.8) is 0 Å². The van der Waals surface area contributed by atoms with Crippen molar-refractivity contribution < 1.29 is 0 Å². The first-order valence-electron chi connectivity index (χ1n) is 6.59. The smallest absolute Gasteiger partial charge is 0.0300 e. The van der Waals surface area contributed by atoms with Gasteiger partial charge in [0.1, 0.15) is 0 Å². The molecular formula is C15H25N. The van der Waals surface area contributed by atoms with Crippen LogP contribution in [0.3, 0.4) is 0 Å². The summed E-state index contributed by atoms with van der Waals surface area (Å²) < 4.78 is 0. The third kappa shape index (κ3) is 4.34. The topological polar surface area (TPSA) is 12.9 Å². The molecular weight excluding hydrogens is 194 g/mol. The van der Waals surface area contributed by atoms with E-state index in [0.29, 0.717) is 5.41 Å². The fraction of sp³-hybridized carbons (Fsp3) is 0.667. The number of unbranched alkanes of at least 4 members (excludes halogenated alkanes) is 2. The summed E-state index contributed by atoms with van der Waals surface area (Å²) in [5.41, 5.74) is 1.83. The van der Waals surface area contributed by atoms with Crippen molar-refractivity contribution >= 4 is 0 Å². The Balaban J connectivity index is 2.52. The molecule has 16 heavy (non-hydrogen) atoms. The van der Waals surface area contributed by atoms with Gasteiger partial charge >= 0.3 is 0 Å². The molecule has 1 aromatic rings. The van der Waals surface area contributed by atoms with Gasteiger partial charge in [-0.2, -0.15) is 0 Å². The first-order valence-corrected chi connectivity index (χ1v) is 6.59. The van der Waals surface area contributed by atoms with Gasteiger partial charge in [0.25, 0.3) is 0 Å². The minimum Gasteiger partial charge on any atom is -0.264 e. The third-order valence-electron chi connectivity index (χ3n) is 3.59. The lowest BCUT2D eigenvalue weighted by Gasteiger charge is -2.28. The SMILES string of the molecule is CCCCCC(C)(CC)Cc1cccnc1. The summed E-state index contributed by atoms with van der Waals surface area (Å²) >= 11 is 0. The quantitative estimate of drug-likeness (QED) is 0.610. The van der Waals surface area contributed by atoms with Crippen molar-refractivity contribution in [3.05, 3.63) is 30.1 Å². The van der Waals surface area contributed by atoms with Crippen LogP contribution >= 0.6 is 0 Å². The Kier molecular flexibility index (Phi) is 5.51. The molecule has 90 valence electrons. The summed E-state index contributed by atoms with van der Waals surface area (Å²) in [6.07, 6.45) is 11.7. The van der Waals surface area contributed by atoms with Gasteiger partial charge in [-0.3, -0.25) is 4.98 Å². The van der Waals surface area contributed by atoms with Gasteiger partial charge in [-0.1, -0.05) is 52.5 Å². The average molecular weight is 219 g/mol. The Morgan fingerprint density at radius 3 is 2.62 bits per heavy atom. The van der Waals surface area contributed by atoms with Gasteiger partial charge in [-0.25, -0.2) is 0 Å². The molecule has 1 nitrogen and oxygen atoms in total. The molecule has 0 amide bonds. The fourth-order valence-corrected chi connectivity index (χ4v) is 2.19. The van der Waals surface area contributed by atoms with Gasteiger partial charge in [0.2, 0.25) is 0 Å².